The Hall–Kier alpha value is -1.01. The van der Waals surface area contributed by atoms with Crippen LogP contribution in [-0.2, 0) is 0 Å². The predicted molar refractivity (Wildman–Crippen MR) is 63.1 cm³/mol. The van der Waals surface area contributed by atoms with Crippen molar-refractivity contribution in [3.8, 4) is 12.3 Å². The molecule has 0 saturated carbocycles. The van der Waals surface area contributed by atoms with Crippen molar-refractivity contribution in [2.75, 3.05) is 11.9 Å². The van der Waals surface area contributed by atoms with E-state index in [-0.39, 0.29) is 0 Å². The molecule has 0 aliphatic rings. The van der Waals surface area contributed by atoms with Gasteiger partial charge in [-0.05, 0) is 40.9 Å². The molecule has 0 bridgehead atoms. The van der Waals surface area contributed by atoms with Crippen LogP contribution >= 0.6 is 15.9 Å². The topological polar surface area (TPSA) is 24.9 Å². The predicted octanol–water partition coefficient (Wildman–Crippen LogP) is 3.06. The van der Waals surface area contributed by atoms with Gasteiger partial charge in [-0.15, -0.1) is 12.3 Å². The molecule has 1 N–H and O–H groups in total. The molecule has 1 rings (SSSR count). The third-order valence-electron chi connectivity index (χ3n) is 1.77. The van der Waals surface area contributed by atoms with E-state index in [1.807, 2.05) is 18.2 Å². The summed E-state index contributed by atoms with van der Waals surface area (Å²) in [4.78, 5) is 4.26. The zero-order chi connectivity index (χ0) is 10.2. The van der Waals surface area contributed by atoms with Crippen molar-refractivity contribution in [3.05, 3.63) is 22.8 Å². The Morgan fingerprint density at radius 3 is 3.00 bits per heavy atom. The number of nitrogens with one attached hydrogen (secondary N) is 1. The van der Waals surface area contributed by atoms with E-state index in [1.54, 1.807) is 0 Å². The number of terminal acetylenes is 1. The highest BCUT2D eigenvalue weighted by atomic mass is 79.9. The fraction of sp³-hybridized carbons (Fsp3) is 0.364. The molecule has 0 aromatic carbocycles. The van der Waals surface area contributed by atoms with Crippen LogP contribution in [0.15, 0.2) is 22.8 Å². The Morgan fingerprint density at radius 2 is 2.29 bits per heavy atom. The lowest BCUT2D eigenvalue weighted by Crippen LogP contribution is -2.02. The number of hydrogen-bond acceptors (Lipinski definition) is 2. The van der Waals surface area contributed by atoms with Gasteiger partial charge in [-0.25, -0.2) is 4.98 Å². The number of unbranched alkanes of at least 4 members (excludes halogenated alkanes) is 2. The second kappa shape index (κ2) is 6.44. The van der Waals surface area contributed by atoms with E-state index in [1.165, 1.54) is 0 Å². The number of pyridine rings is 1. The van der Waals surface area contributed by atoms with Crippen LogP contribution < -0.4 is 5.32 Å². The van der Waals surface area contributed by atoms with Crippen molar-refractivity contribution >= 4 is 21.7 Å². The van der Waals surface area contributed by atoms with Crippen molar-refractivity contribution in [2.24, 2.45) is 0 Å². The SMILES string of the molecule is C#CCCCCNc1cccc(Br)n1. The summed E-state index contributed by atoms with van der Waals surface area (Å²) in [6.45, 7) is 0.922. The van der Waals surface area contributed by atoms with E-state index in [2.05, 4.69) is 32.2 Å². The van der Waals surface area contributed by atoms with Gasteiger partial charge < -0.3 is 5.32 Å². The van der Waals surface area contributed by atoms with Crippen LogP contribution in [0.3, 0.4) is 0 Å². The van der Waals surface area contributed by atoms with Crippen LogP contribution in [0.1, 0.15) is 19.3 Å². The molecule has 1 aromatic heterocycles. The lowest BCUT2D eigenvalue weighted by molar-refractivity contribution is 0.787. The second-order valence-corrected chi connectivity index (χ2v) is 3.75. The Balaban J connectivity index is 2.22. The van der Waals surface area contributed by atoms with Crippen molar-refractivity contribution in [3.63, 3.8) is 0 Å². The molecule has 0 saturated heterocycles. The van der Waals surface area contributed by atoms with Crippen molar-refractivity contribution in [1.82, 2.24) is 4.98 Å². The van der Waals surface area contributed by atoms with Gasteiger partial charge in [0.1, 0.15) is 10.4 Å². The molecule has 1 aromatic rings. The second-order valence-electron chi connectivity index (χ2n) is 2.93. The number of nitrogens with zero attached hydrogens (tertiary/aromatic N) is 1. The summed E-state index contributed by atoms with van der Waals surface area (Å²) in [6.07, 6.45) is 8.16. The normalized spacial score (nSPS) is 9.43. The largest absolute Gasteiger partial charge is 0.370 e. The number of anilines is 1. The molecule has 0 radical (unpaired) electrons. The van der Waals surface area contributed by atoms with Gasteiger partial charge >= 0.3 is 0 Å². The van der Waals surface area contributed by atoms with Crippen molar-refractivity contribution < 1.29 is 0 Å². The lowest BCUT2D eigenvalue weighted by Gasteiger charge is -2.04. The van der Waals surface area contributed by atoms with E-state index in [0.717, 1.165) is 36.2 Å². The molecule has 0 unspecified atom stereocenters. The molecule has 0 aliphatic carbocycles. The first-order valence-electron chi connectivity index (χ1n) is 4.63. The van der Waals surface area contributed by atoms with Gasteiger partial charge in [-0.3, -0.25) is 0 Å². The summed E-state index contributed by atoms with van der Waals surface area (Å²) >= 11 is 3.32. The van der Waals surface area contributed by atoms with Crippen LogP contribution in [0.5, 0.6) is 0 Å². The summed E-state index contributed by atoms with van der Waals surface area (Å²) in [7, 11) is 0. The summed E-state index contributed by atoms with van der Waals surface area (Å²) in [5.74, 6) is 3.53. The van der Waals surface area contributed by atoms with E-state index in [9.17, 15) is 0 Å². The molecule has 14 heavy (non-hydrogen) atoms. The molecule has 0 atom stereocenters. The highest BCUT2D eigenvalue weighted by Crippen LogP contribution is 2.09. The average molecular weight is 253 g/mol. The Bertz CT molecular complexity index is 317. The smallest absolute Gasteiger partial charge is 0.127 e. The molecular weight excluding hydrogens is 240 g/mol. The molecule has 1 heterocycles. The fourth-order valence-corrected chi connectivity index (χ4v) is 1.42. The van der Waals surface area contributed by atoms with Gasteiger partial charge in [0.05, 0.1) is 0 Å². The van der Waals surface area contributed by atoms with E-state index in [0.29, 0.717) is 0 Å². The van der Waals surface area contributed by atoms with Crippen LogP contribution in [0.25, 0.3) is 0 Å². The minimum Gasteiger partial charge on any atom is -0.370 e. The van der Waals surface area contributed by atoms with Gasteiger partial charge in [0.25, 0.3) is 0 Å². The first kappa shape index (κ1) is 11.1. The first-order chi connectivity index (χ1) is 6.83. The molecule has 0 spiro atoms. The highest BCUT2D eigenvalue weighted by molar-refractivity contribution is 9.10. The lowest BCUT2D eigenvalue weighted by atomic mass is 10.2. The number of hydrogen-bond donors (Lipinski definition) is 1. The third-order valence-corrected chi connectivity index (χ3v) is 2.21. The quantitative estimate of drug-likeness (QED) is 0.495. The molecule has 0 aliphatic heterocycles. The number of halogens is 1. The number of rotatable bonds is 5. The standard InChI is InChI=1S/C11H13BrN2/c1-2-3-4-5-9-13-11-8-6-7-10(12)14-11/h1,6-8H,3-5,9H2,(H,13,14). The van der Waals surface area contributed by atoms with Gasteiger partial charge in [0.15, 0.2) is 0 Å². The zero-order valence-corrected chi connectivity index (χ0v) is 9.55. The molecular formula is C11H13BrN2. The van der Waals surface area contributed by atoms with Gasteiger partial charge in [-0.2, -0.15) is 0 Å². The van der Waals surface area contributed by atoms with Gasteiger partial charge in [-0.1, -0.05) is 6.07 Å². The molecule has 0 amide bonds. The fourth-order valence-electron chi connectivity index (χ4n) is 1.08. The molecule has 3 heteroatoms. The molecule has 0 fully saturated rings. The van der Waals surface area contributed by atoms with Crippen LogP contribution in [0.2, 0.25) is 0 Å². The average Bonchev–Trinajstić information content (AvgIpc) is 2.18. The molecule has 74 valence electrons. The molecule has 2 nitrogen and oxygen atoms in total. The summed E-state index contributed by atoms with van der Waals surface area (Å²) in [5.41, 5.74) is 0. The third kappa shape index (κ3) is 4.29. The van der Waals surface area contributed by atoms with Crippen LogP contribution in [0.4, 0.5) is 5.82 Å². The maximum Gasteiger partial charge on any atom is 0.127 e. The number of aromatic nitrogens is 1. The first-order valence-corrected chi connectivity index (χ1v) is 5.42. The van der Waals surface area contributed by atoms with Gasteiger partial charge in [0.2, 0.25) is 0 Å². The van der Waals surface area contributed by atoms with E-state index >= 15 is 0 Å². The summed E-state index contributed by atoms with van der Waals surface area (Å²) < 4.78 is 0.853. The summed E-state index contributed by atoms with van der Waals surface area (Å²) in [5, 5.41) is 3.23. The zero-order valence-electron chi connectivity index (χ0n) is 7.96. The van der Waals surface area contributed by atoms with Gasteiger partial charge in [0, 0.05) is 13.0 Å². The van der Waals surface area contributed by atoms with E-state index < -0.39 is 0 Å². The van der Waals surface area contributed by atoms with Crippen LogP contribution in [0, 0.1) is 12.3 Å². The Morgan fingerprint density at radius 1 is 1.43 bits per heavy atom. The monoisotopic (exact) mass is 252 g/mol. The van der Waals surface area contributed by atoms with E-state index in [4.69, 9.17) is 6.42 Å². The Labute approximate surface area is 93.3 Å². The van der Waals surface area contributed by atoms with Crippen molar-refractivity contribution in [2.45, 2.75) is 19.3 Å². The van der Waals surface area contributed by atoms with Crippen molar-refractivity contribution in [1.29, 1.82) is 0 Å². The minimum absolute atomic E-state index is 0.853. The summed E-state index contributed by atoms with van der Waals surface area (Å²) in [6, 6.07) is 5.82. The van der Waals surface area contributed by atoms with Crippen LogP contribution in [-0.4, -0.2) is 11.5 Å². The maximum atomic E-state index is 5.15. The maximum absolute atomic E-state index is 5.15. The highest BCUT2D eigenvalue weighted by Gasteiger charge is 1.93. The Kier molecular flexibility index (Phi) is 5.09. The minimum atomic E-state index is 0.853.